The standard InChI is InChI=1S/C14H14F6N2O/c1-8(2)3-4-21-12(23)22-11-6-9(13(15,16)17)5-10(7-11)14(18,19)20/h3-8H,1-2H3,(H2,21,22,23)/b4-3+. The molecule has 0 radical (unpaired) electrons. The van der Waals surface area contributed by atoms with Crippen LogP contribution < -0.4 is 10.6 Å². The van der Waals surface area contributed by atoms with Crippen molar-refractivity contribution >= 4 is 11.7 Å². The largest absolute Gasteiger partial charge is 0.416 e. The van der Waals surface area contributed by atoms with Gasteiger partial charge in [-0.15, -0.1) is 0 Å². The van der Waals surface area contributed by atoms with Gasteiger partial charge in [-0.3, -0.25) is 0 Å². The second-order valence-corrected chi connectivity index (χ2v) is 5.00. The van der Waals surface area contributed by atoms with Gasteiger partial charge < -0.3 is 10.6 Å². The van der Waals surface area contributed by atoms with Gasteiger partial charge in [0.15, 0.2) is 0 Å². The van der Waals surface area contributed by atoms with E-state index in [-0.39, 0.29) is 12.0 Å². The fraction of sp³-hybridized carbons (Fsp3) is 0.357. The molecule has 0 spiro atoms. The number of urea groups is 1. The van der Waals surface area contributed by atoms with Crippen LogP contribution in [0.15, 0.2) is 30.5 Å². The molecule has 2 N–H and O–H groups in total. The van der Waals surface area contributed by atoms with Gasteiger partial charge in [-0.25, -0.2) is 4.79 Å². The zero-order valence-electron chi connectivity index (χ0n) is 12.1. The highest BCUT2D eigenvalue weighted by molar-refractivity contribution is 5.90. The third kappa shape index (κ3) is 6.21. The highest BCUT2D eigenvalue weighted by Crippen LogP contribution is 2.37. The number of allylic oxidation sites excluding steroid dienone is 1. The van der Waals surface area contributed by atoms with Crippen molar-refractivity contribution in [2.75, 3.05) is 5.32 Å². The van der Waals surface area contributed by atoms with Crippen LogP contribution in [-0.4, -0.2) is 6.03 Å². The van der Waals surface area contributed by atoms with Gasteiger partial charge in [0.2, 0.25) is 0 Å². The molecule has 0 saturated carbocycles. The molecule has 0 saturated heterocycles. The van der Waals surface area contributed by atoms with Crippen LogP contribution in [0.25, 0.3) is 0 Å². The molecule has 0 aliphatic rings. The van der Waals surface area contributed by atoms with Gasteiger partial charge in [0.05, 0.1) is 11.1 Å². The summed E-state index contributed by atoms with van der Waals surface area (Å²) in [6.45, 7) is 3.64. The average molecular weight is 340 g/mol. The van der Waals surface area contributed by atoms with Crippen LogP contribution >= 0.6 is 0 Å². The Morgan fingerprint density at radius 2 is 1.48 bits per heavy atom. The van der Waals surface area contributed by atoms with E-state index < -0.39 is 35.2 Å². The Bertz CT molecular complexity index is 558. The van der Waals surface area contributed by atoms with Gasteiger partial charge in [-0.2, -0.15) is 26.3 Å². The number of rotatable bonds is 3. The monoisotopic (exact) mass is 340 g/mol. The van der Waals surface area contributed by atoms with Crippen molar-refractivity contribution in [1.29, 1.82) is 0 Å². The van der Waals surface area contributed by atoms with Gasteiger partial charge in [-0.1, -0.05) is 19.9 Å². The molecule has 1 rings (SSSR count). The molecule has 0 atom stereocenters. The molecule has 23 heavy (non-hydrogen) atoms. The Labute approximate surface area is 128 Å². The van der Waals surface area contributed by atoms with Crippen LogP contribution in [0.3, 0.4) is 0 Å². The normalized spacial score (nSPS) is 12.7. The molecule has 0 unspecified atom stereocenters. The first-order valence-corrected chi connectivity index (χ1v) is 6.43. The number of hydrogen-bond acceptors (Lipinski definition) is 1. The van der Waals surface area contributed by atoms with Crippen LogP contribution in [0, 0.1) is 5.92 Å². The van der Waals surface area contributed by atoms with Crippen molar-refractivity contribution in [1.82, 2.24) is 5.32 Å². The summed E-state index contributed by atoms with van der Waals surface area (Å²) in [7, 11) is 0. The summed E-state index contributed by atoms with van der Waals surface area (Å²) < 4.78 is 75.9. The topological polar surface area (TPSA) is 41.1 Å². The Morgan fingerprint density at radius 3 is 1.87 bits per heavy atom. The third-order valence-electron chi connectivity index (χ3n) is 2.54. The van der Waals surface area contributed by atoms with Crippen LogP contribution in [0.5, 0.6) is 0 Å². The van der Waals surface area contributed by atoms with E-state index in [0.717, 1.165) is 0 Å². The number of alkyl halides is 6. The quantitative estimate of drug-likeness (QED) is 0.746. The van der Waals surface area contributed by atoms with Crippen LogP contribution in [0.1, 0.15) is 25.0 Å². The van der Waals surface area contributed by atoms with E-state index in [2.05, 4.69) is 5.32 Å². The molecule has 0 aromatic heterocycles. The zero-order valence-corrected chi connectivity index (χ0v) is 12.1. The first kappa shape index (κ1) is 18.9. The first-order chi connectivity index (χ1) is 10.4. The van der Waals surface area contributed by atoms with Crippen molar-refractivity contribution in [2.45, 2.75) is 26.2 Å². The van der Waals surface area contributed by atoms with Crippen LogP contribution in [0.2, 0.25) is 0 Å². The lowest BCUT2D eigenvalue weighted by Gasteiger charge is -2.14. The Kier molecular flexibility index (Phi) is 5.68. The summed E-state index contributed by atoms with van der Waals surface area (Å²) in [5.41, 5.74) is -3.61. The maximum Gasteiger partial charge on any atom is 0.416 e. The fourth-order valence-electron chi connectivity index (χ4n) is 1.51. The van der Waals surface area contributed by atoms with Crippen molar-refractivity contribution in [2.24, 2.45) is 5.92 Å². The molecule has 3 nitrogen and oxygen atoms in total. The summed E-state index contributed by atoms with van der Waals surface area (Å²) in [5.74, 6) is 0.112. The number of hydrogen-bond donors (Lipinski definition) is 2. The highest BCUT2D eigenvalue weighted by atomic mass is 19.4. The molecule has 1 aromatic carbocycles. The van der Waals surface area contributed by atoms with Gasteiger partial charge in [0.1, 0.15) is 0 Å². The maximum atomic E-state index is 12.7. The number of carbonyl (C=O) groups excluding carboxylic acids is 1. The second kappa shape index (κ2) is 6.93. The fourth-order valence-corrected chi connectivity index (χ4v) is 1.51. The zero-order chi connectivity index (χ0) is 17.8. The predicted molar refractivity (Wildman–Crippen MR) is 72.6 cm³/mol. The lowest BCUT2D eigenvalue weighted by atomic mass is 10.1. The number of halogens is 6. The summed E-state index contributed by atoms with van der Waals surface area (Å²) >= 11 is 0. The minimum Gasteiger partial charge on any atom is -0.315 e. The van der Waals surface area contributed by atoms with Gasteiger partial charge >= 0.3 is 18.4 Å². The lowest BCUT2D eigenvalue weighted by Crippen LogP contribution is -2.24. The third-order valence-corrected chi connectivity index (χ3v) is 2.54. The van der Waals surface area contributed by atoms with Gasteiger partial charge in [0.25, 0.3) is 0 Å². The summed E-state index contributed by atoms with van der Waals surface area (Å²) in [4.78, 5) is 11.5. The maximum absolute atomic E-state index is 12.7. The molecule has 0 fully saturated rings. The molecule has 1 aromatic rings. The molecule has 9 heteroatoms. The number of amides is 2. The lowest BCUT2D eigenvalue weighted by molar-refractivity contribution is -0.143. The molecule has 0 aliphatic heterocycles. The van der Waals surface area contributed by atoms with Crippen molar-refractivity contribution in [3.8, 4) is 0 Å². The van der Waals surface area contributed by atoms with E-state index >= 15 is 0 Å². The van der Waals surface area contributed by atoms with E-state index in [1.54, 1.807) is 6.08 Å². The molecule has 0 bridgehead atoms. The number of nitrogens with one attached hydrogen (secondary N) is 2. The van der Waals surface area contributed by atoms with Crippen LogP contribution in [-0.2, 0) is 12.4 Å². The Morgan fingerprint density at radius 1 is 1.00 bits per heavy atom. The smallest absolute Gasteiger partial charge is 0.315 e. The summed E-state index contributed by atoms with van der Waals surface area (Å²) in [5, 5.41) is 4.13. The molecule has 0 heterocycles. The number of carbonyl (C=O) groups is 1. The van der Waals surface area contributed by atoms with E-state index in [1.165, 1.54) is 6.20 Å². The van der Waals surface area contributed by atoms with E-state index in [0.29, 0.717) is 12.1 Å². The van der Waals surface area contributed by atoms with E-state index in [9.17, 15) is 31.1 Å². The van der Waals surface area contributed by atoms with Crippen molar-refractivity contribution in [3.63, 3.8) is 0 Å². The Hall–Kier alpha value is -2.19. The second-order valence-electron chi connectivity index (χ2n) is 5.00. The van der Waals surface area contributed by atoms with E-state index in [1.807, 2.05) is 19.2 Å². The Balaban J connectivity index is 3.04. The minimum absolute atomic E-state index is 0.0122. The molecular formula is C14H14F6N2O. The van der Waals surface area contributed by atoms with E-state index in [4.69, 9.17) is 0 Å². The molecule has 128 valence electrons. The molecule has 0 aliphatic carbocycles. The summed E-state index contributed by atoms with van der Waals surface area (Å²) in [6.07, 6.45) is -7.09. The van der Waals surface area contributed by atoms with Crippen LogP contribution in [0.4, 0.5) is 36.8 Å². The number of anilines is 1. The first-order valence-electron chi connectivity index (χ1n) is 6.43. The average Bonchev–Trinajstić information content (AvgIpc) is 2.35. The SMILES string of the molecule is CC(C)/C=C/NC(=O)Nc1cc(C(F)(F)F)cc(C(F)(F)F)c1. The van der Waals surface area contributed by atoms with Crippen molar-refractivity contribution in [3.05, 3.63) is 41.6 Å². The highest BCUT2D eigenvalue weighted by Gasteiger charge is 2.37. The predicted octanol–water partition coefficient (Wildman–Crippen LogP) is 5.02. The minimum atomic E-state index is -4.97. The molecular weight excluding hydrogens is 326 g/mol. The van der Waals surface area contributed by atoms with Gasteiger partial charge in [-0.05, 0) is 24.1 Å². The summed E-state index contributed by atoms with van der Waals surface area (Å²) in [6, 6.07) is -0.0988. The van der Waals surface area contributed by atoms with Gasteiger partial charge in [0, 0.05) is 11.9 Å². The molecule has 2 amide bonds. The number of benzene rings is 1. The van der Waals surface area contributed by atoms with Crippen molar-refractivity contribution < 1.29 is 31.1 Å².